The van der Waals surface area contributed by atoms with Gasteiger partial charge in [0.05, 0.1) is 0 Å². The quantitative estimate of drug-likeness (QED) is 0.456. The summed E-state index contributed by atoms with van der Waals surface area (Å²) in [5.74, 6) is 0. The van der Waals surface area contributed by atoms with E-state index in [0.29, 0.717) is 0 Å². The van der Waals surface area contributed by atoms with E-state index in [1.807, 2.05) is 0 Å². The molecule has 0 nitrogen and oxygen atoms in total. The molecular weight excluding hydrogens is 235 g/mol. The SMILES string of the molecule is C1=CC2(CC2)CC12CC2.I. The second-order valence-corrected chi connectivity index (χ2v) is 4.23. The van der Waals surface area contributed by atoms with Gasteiger partial charge in [-0.25, -0.2) is 0 Å². The molecule has 0 atom stereocenters. The Morgan fingerprint density at radius 3 is 1.40 bits per heavy atom. The first-order chi connectivity index (χ1) is 4.33. The average molecular weight is 248 g/mol. The molecule has 2 spiro atoms. The fraction of sp³-hybridized carbons (Fsp3) is 0.778. The summed E-state index contributed by atoms with van der Waals surface area (Å²) in [4.78, 5) is 0. The summed E-state index contributed by atoms with van der Waals surface area (Å²) in [6.45, 7) is 0. The number of allylic oxidation sites excluding steroid dienone is 2. The van der Waals surface area contributed by atoms with E-state index in [1.165, 1.54) is 32.1 Å². The van der Waals surface area contributed by atoms with Crippen LogP contribution >= 0.6 is 24.0 Å². The van der Waals surface area contributed by atoms with Crippen molar-refractivity contribution >= 4 is 24.0 Å². The summed E-state index contributed by atoms with van der Waals surface area (Å²) in [6, 6.07) is 0. The number of rotatable bonds is 0. The zero-order valence-corrected chi connectivity index (χ0v) is 8.43. The lowest BCUT2D eigenvalue weighted by molar-refractivity contribution is 0.501. The predicted molar refractivity (Wildman–Crippen MR) is 52.5 cm³/mol. The van der Waals surface area contributed by atoms with Crippen LogP contribution in [0.2, 0.25) is 0 Å². The van der Waals surface area contributed by atoms with Gasteiger partial charge in [-0.1, -0.05) is 12.2 Å². The second-order valence-electron chi connectivity index (χ2n) is 4.23. The van der Waals surface area contributed by atoms with Crippen molar-refractivity contribution in [3.8, 4) is 0 Å². The van der Waals surface area contributed by atoms with Gasteiger partial charge in [-0.15, -0.1) is 24.0 Å². The molecule has 3 aliphatic rings. The molecule has 56 valence electrons. The molecular formula is C9H13I. The van der Waals surface area contributed by atoms with Crippen molar-refractivity contribution in [1.82, 2.24) is 0 Å². The van der Waals surface area contributed by atoms with Crippen LogP contribution in [0, 0.1) is 10.8 Å². The fourth-order valence-electron chi connectivity index (χ4n) is 2.18. The third-order valence-electron chi connectivity index (χ3n) is 3.28. The van der Waals surface area contributed by atoms with Gasteiger partial charge < -0.3 is 0 Å². The second kappa shape index (κ2) is 1.79. The lowest BCUT2D eigenvalue weighted by Crippen LogP contribution is -1.95. The van der Waals surface area contributed by atoms with E-state index in [4.69, 9.17) is 0 Å². The van der Waals surface area contributed by atoms with Crippen LogP contribution in [-0.2, 0) is 0 Å². The normalized spacial score (nSPS) is 34.4. The molecule has 0 N–H and O–H groups in total. The van der Waals surface area contributed by atoms with Crippen LogP contribution in [0.5, 0.6) is 0 Å². The molecule has 0 amide bonds. The Morgan fingerprint density at radius 1 is 0.800 bits per heavy atom. The van der Waals surface area contributed by atoms with E-state index in [-0.39, 0.29) is 24.0 Å². The third-order valence-corrected chi connectivity index (χ3v) is 3.28. The molecule has 10 heavy (non-hydrogen) atoms. The van der Waals surface area contributed by atoms with Gasteiger partial charge in [0.25, 0.3) is 0 Å². The standard InChI is InChI=1S/C9H12.HI/c1-2-8(1)5-6-9(7-8)3-4-9;/h5-6H,1-4,7H2;1H. The predicted octanol–water partition coefficient (Wildman–Crippen LogP) is 3.12. The average Bonchev–Trinajstić information content (AvgIpc) is 2.62. The highest BCUT2D eigenvalue weighted by atomic mass is 127. The van der Waals surface area contributed by atoms with Crippen LogP contribution < -0.4 is 0 Å². The Bertz CT molecular complexity index is 165. The van der Waals surface area contributed by atoms with Gasteiger partial charge in [0.2, 0.25) is 0 Å². The molecule has 1 heteroatoms. The summed E-state index contributed by atoms with van der Waals surface area (Å²) in [5.41, 5.74) is 1.52. The van der Waals surface area contributed by atoms with Gasteiger partial charge in [0.15, 0.2) is 0 Å². The summed E-state index contributed by atoms with van der Waals surface area (Å²) in [5, 5.41) is 0. The van der Waals surface area contributed by atoms with Crippen molar-refractivity contribution in [1.29, 1.82) is 0 Å². The Hall–Kier alpha value is 0.470. The largest absolute Gasteiger partial charge is 0.107 e. The van der Waals surface area contributed by atoms with Gasteiger partial charge in [-0.3, -0.25) is 0 Å². The zero-order valence-electron chi connectivity index (χ0n) is 6.10. The van der Waals surface area contributed by atoms with Crippen molar-refractivity contribution in [3.05, 3.63) is 12.2 Å². The van der Waals surface area contributed by atoms with Crippen molar-refractivity contribution < 1.29 is 0 Å². The van der Waals surface area contributed by atoms with E-state index in [2.05, 4.69) is 12.2 Å². The van der Waals surface area contributed by atoms with Gasteiger partial charge in [0, 0.05) is 0 Å². The summed E-state index contributed by atoms with van der Waals surface area (Å²) in [6.07, 6.45) is 12.5. The molecule has 0 unspecified atom stereocenters. The highest BCUT2D eigenvalue weighted by Crippen LogP contribution is 2.67. The maximum Gasteiger partial charge on any atom is -0.0109 e. The number of hydrogen-bond acceptors (Lipinski definition) is 0. The molecule has 0 heterocycles. The van der Waals surface area contributed by atoms with Crippen molar-refractivity contribution in [3.63, 3.8) is 0 Å². The van der Waals surface area contributed by atoms with E-state index in [1.54, 1.807) is 0 Å². The van der Waals surface area contributed by atoms with E-state index < -0.39 is 0 Å². The minimum Gasteiger partial charge on any atom is -0.107 e. The van der Waals surface area contributed by atoms with Gasteiger partial charge in [-0.05, 0) is 42.9 Å². The van der Waals surface area contributed by atoms with Crippen molar-refractivity contribution in [2.75, 3.05) is 0 Å². The van der Waals surface area contributed by atoms with Gasteiger partial charge in [0.1, 0.15) is 0 Å². The third kappa shape index (κ3) is 0.858. The molecule has 0 aliphatic heterocycles. The lowest BCUT2D eigenvalue weighted by atomic mass is 9.99. The van der Waals surface area contributed by atoms with Crippen LogP contribution in [0.4, 0.5) is 0 Å². The smallest absolute Gasteiger partial charge is 0.0109 e. The Morgan fingerprint density at radius 2 is 1.20 bits per heavy atom. The number of halogens is 1. The molecule has 2 saturated carbocycles. The first kappa shape index (κ1) is 7.14. The van der Waals surface area contributed by atoms with Crippen LogP contribution in [0.3, 0.4) is 0 Å². The maximum absolute atomic E-state index is 2.50. The molecule has 0 aromatic rings. The summed E-state index contributed by atoms with van der Waals surface area (Å²) in [7, 11) is 0. The first-order valence-corrected chi connectivity index (χ1v) is 4.03. The lowest BCUT2D eigenvalue weighted by Gasteiger charge is -2.04. The Kier molecular flexibility index (Phi) is 1.28. The maximum atomic E-state index is 2.50. The first-order valence-electron chi connectivity index (χ1n) is 4.03. The van der Waals surface area contributed by atoms with Crippen LogP contribution in [-0.4, -0.2) is 0 Å². The molecule has 0 radical (unpaired) electrons. The molecule has 3 rings (SSSR count). The van der Waals surface area contributed by atoms with Crippen molar-refractivity contribution in [2.45, 2.75) is 32.1 Å². The summed E-state index contributed by atoms with van der Waals surface area (Å²) >= 11 is 0. The summed E-state index contributed by atoms with van der Waals surface area (Å²) < 4.78 is 0. The zero-order chi connectivity index (χ0) is 5.95. The minimum atomic E-state index is 0. The van der Waals surface area contributed by atoms with Gasteiger partial charge in [-0.2, -0.15) is 0 Å². The van der Waals surface area contributed by atoms with Crippen molar-refractivity contribution in [2.24, 2.45) is 10.8 Å². The number of hydrogen-bond donors (Lipinski definition) is 0. The molecule has 0 aromatic heterocycles. The van der Waals surface area contributed by atoms with E-state index >= 15 is 0 Å². The molecule has 0 bridgehead atoms. The van der Waals surface area contributed by atoms with Gasteiger partial charge >= 0.3 is 0 Å². The fourth-order valence-corrected chi connectivity index (χ4v) is 2.18. The van der Waals surface area contributed by atoms with E-state index in [0.717, 1.165) is 10.8 Å². The topological polar surface area (TPSA) is 0 Å². The highest BCUT2D eigenvalue weighted by molar-refractivity contribution is 14.0. The van der Waals surface area contributed by atoms with Crippen LogP contribution in [0.1, 0.15) is 32.1 Å². The molecule has 0 saturated heterocycles. The molecule has 2 fully saturated rings. The monoisotopic (exact) mass is 248 g/mol. The molecule has 3 aliphatic carbocycles. The van der Waals surface area contributed by atoms with Crippen LogP contribution in [0.25, 0.3) is 0 Å². The minimum absolute atomic E-state index is 0. The van der Waals surface area contributed by atoms with E-state index in [9.17, 15) is 0 Å². The Labute approximate surface area is 79.1 Å². The Balaban J connectivity index is 0.000000403. The van der Waals surface area contributed by atoms with Crippen LogP contribution in [0.15, 0.2) is 12.2 Å². The molecule has 0 aromatic carbocycles. The highest BCUT2D eigenvalue weighted by Gasteiger charge is 2.55.